The Labute approximate surface area is 185 Å². The van der Waals surface area contributed by atoms with Gasteiger partial charge in [0.2, 0.25) is 0 Å². The number of alkyl carbamates (subject to hydrolysis) is 1. The Morgan fingerprint density at radius 2 is 1.55 bits per heavy atom. The van der Waals surface area contributed by atoms with Gasteiger partial charge in [-0.25, -0.2) is 9.59 Å². The average molecular weight is 444 g/mol. The molecule has 0 saturated carbocycles. The number of carboxylic acid groups (broad SMARTS) is 1. The van der Waals surface area contributed by atoms with Gasteiger partial charge in [0, 0.05) is 5.39 Å². The van der Waals surface area contributed by atoms with E-state index in [1.165, 1.54) is 6.08 Å². The summed E-state index contributed by atoms with van der Waals surface area (Å²) in [7, 11) is -2.06. The highest BCUT2D eigenvalue weighted by Crippen LogP contribution is 2.39. The molecule has 2 aromatic rings. The Balaban J connectivity index is 2.49. The third-order valence-corrected chi connectivity index (χ3v) is 9.60. The largest absolute Gasteiger partial charge is 0.543 e. The van der Waals surface area contributed by atoms with Crippen LogP contribution in [0.5, 0.6) is 5.75 Å². The molecule has 1 amide bonds. The van der Waals surface area contributed by atoms with E-state index in [4.69, 9.17) is 9.16 Å². The van der Waals surface area contributed by atoms with Crippen molar-refractivity contribution in [3.05, 3.63) is 47.7 Å². The van der Waals surface area contributed by atoms with Gasteiger partial charge in [0.1, 0.15) is 17.0 Å². The van der Waals surface area contributed by atoms with Crippen LogP contribution in [-0.2, 0) is 9.53 Å². The lowest BCUT2D eigenvalue weighted by Crippen LogP contribution is -2.43. The minimum atomic E-state index is -2.06. The van der Waals surface area contributed by atoms with Gasteiger partial charge in [-0.05, 0) is 62.0 Å². The van der Waals surface area contributed by atoms with Gasteiger partial charge in [0.25, 0.3) is 8.32 Å². The van der Waals surface area contributed by atoms with Crippen LogP contribution in [0, 0.1) is 0 Å². The maximum atomic E-state index is 12.1. The first-order valence-corrected chi connectivity index (χ1v) is 13.2. The summed E-state index contributed by atoms with van der Waals surface area (Å²) in [6.45, 7) is 16.0. The number of hydrogen-bond acceptors (Lipinski definition) is 4. The molecule has 0 fully saturated rings. The van der Waals surface area contributed by atoms with E-state index in [0.29, 0.717) is 5.56 Å². The molecular weight excluding hydrogens is 410 g/mol. The van der Waals surface area contributed by atoms with Crippen molar-refractivity contribution in [2.24, 2.45) is 0 Å². The zero-order chi connectivity index (χ0) is 23.6. The van der Waals surface area contributed by atoms with Gasteiger partial charge in [-0.1, -0.05) is 51.1 Å². The lowest BCUT2D eigenvalue weighted by molar-refractivity contribution is -0.133. The van der Waals surface area contributed by atoms with Crippen LogP contribution in [0.15, 0.2) is 42.1 Å². The number of carbonyl (C=O) groups excluding carboxylic acids is 1. The summed E-state index contributed by atoms with van der Waals surface area (Å²) < 4.78 is 11.7. The highest BCUT2D eigenvalue weighted by atomic mass is 28.4. The summed E-state index contributed by atoms with van der Waals surface area (Å²) in [5.74, 6) is -0.479. The van der Waals surface area contributed by atoms with Gasteiger partial charge in [-0.15, -0.1) is 0 Å². The van der Waals surface area contributed by atoms with E-state index in [1.807, 2.05) is 36.4 Å². The highest BCUT2D eigenvalue weighted by Gasteiger charge is 2.39. The number of benzene rings is 2. The zero-order valence-electron chi connectivity index (χ0n) is 19.6. The van der Waals surface area contributed by atoms with Gasteiger partial charge in [0.15, 0.2) is 0 Å². The van der Waals surface area contributed by atoms with Crippen LogP contribution in [0.4, 0.5) is 4.79 Å². The van der Waals surface area contributed by atoms with Crippen molar-refractivity contribution < 1.29 is 23.9 Å². The van der Waals surface area contributed by atoms with E-state index < -0.39 is 26.0 Å². The average Bonchev–Trinajstić information content (AvgIpc) is 2.60. The number of carbonyl (C=O) groups is 2. The smallest absolute Gasteiger partial charge is 0.412 e. The first-order chi connectivity index (χ1) is 14.1. The molecule has 6 nitrogen and oxygen atoms in total. The third-order valence-electron chi connectivity index (χ3n) is 5.25. The third kappa shape index (κ3) is 6.34. The van der Waals surface area contributed by atoms with E-state index >= 15 is 0 Å². The molecule has 7 heteroatoms. The molecule has 0 unspecified atom stereocenters. The number of nitrogens with one attached hydrogen (secondary N) is 1. The van der Waals surface area contributed by atoms with Gasteiger partial charge < -0.3 is 14.3 Å². The molecule has 0 bridgehead atoms. The quantitative estimate of drug-likeness (QED) is 0.426. The fraction of sp³-hybridized carbons (Fsp3) is 0.417. The Bertz CT molecular complexity index is 1010. The van der Waals surface area contributed by atoms with Crippen molar-refractivity contribution in [1.82, 2.24) is 5.32 Å². The van der Waals surface area contributed by atoms with Crippen molar-refractivity contribution >= 4 is 37.2 Å². The van der Waals surface area contributed by atoms with Crippen molar-refractivity contribution in [3.63, 3.8) is 0 Å². The summed E-state index contributed by atoms with van der Waals surface area (Å²) in [6, 6.07) is 11.3. The van der Waals surface area contributed by atoms with Gasteiger partial charge in [-0.3, -0.25) is 5.32 Å². The SMILES string of the molecule is CC(C)(C)OC(=O)N/C(=C/c1ccc(O[Si](C)(C)C(C)(C)C)c2ccccc12)C(=O)O. The standard InChI is InChI=1S/C24H33NO5Si/c1-23(2,3)29-22(28)25-19(21(26)27)15-16-13-14-20(18-12-10-9-11-17(16)18)30-31(7,8)24(4,5)6/h9-15H,1-8H3,(H,25,28)(H,26,27)/b19-15+. The first-order valence-electron chi connectivity index (χ1n) is 10.3. The van der Waals surface area contributed by atoms with Gasteiger partial charge >= 0.3 is 12.1 Å². The predicted octanol–water partition coefficient (Wildman–Crippen LogP) is 6.17. The minimum absolute atomic E-state index is 0.0422. The second-order valence-corrected chi connectivity index (χ2v) is 14.8. The van der Waals surface area contributed by atoms with Crippen LogP contribution in [0.2, 0.25) is 18.1 Å². The summed E-state index contributed by atoms with van der Waals surface area (Å²) in [5.41, 5.74) is -0.340. The van der Waals surface area contributed by atoms with Crippen LogP contribution in [-0.4, -0.2) is 31.1 Å². The van der Waals surface area contributed by atoms with Crippen LogP contribution >= 0.6 is 0 Å². The van der Waals surface area contributed by atoms with Gasteiger partial charge in [-0.2, -0.15) is 0 Å². The Morgan fingerprint density at radius 3 is 2.06 bits per heavy atom. The molecular formula is C24H33NO5Si. The summed E-state index contributed by atoms with van der Waals surface area (Å²) in [5, 5.41) is 13.7. The molecule has 0 radical (unpaired) electrons. The Morgan fingerprint density at radius 1 is 0.968 bits per heavy atom. The number of rotatable bonds is 5. The molecule has 2 aromatic carbocycles. The topological polar surface area (TPSA) is 84.9 Å². The van der Waals surface area contributed by atoms with Gasteiger partial charge in [0.05, 0.1) is 0 Å². The lowest BCUT2D eigenvalue weighted by Gasteiger charge is -2.36. The number of fused-ring (bicyclic) bond motifs is 1. The molecule has 168 valence electrons. The van der Waals surface area contributed by atoms with Crippen LogP contribution in [0.25, 0.3) is 16.8 Å². The molecule has 0 aromatic heterocycles. The predicted molar refractivity (Wildman–Crippen MR) is 127 cm³/mol. The maximum absolute atomic E-state index is 12.1. The normalized spacial score (nSPS) is 13.1. The fourth-order valence-corrected chi connectivity index (χ4v) is 3.69. The summed E-state index contributed by atoms with van der Waals surface area (Å²) in [4.78, 5) is 23.8. The van der Waals surface area contributed by atoms with Crippen LogP contribution < -0.4 is 9.74 Å². The second kappa shape index (κ2) is 8.75. The molecule has 31 heavy (non-hydrogen) atoms. The van der Waals surface area contributed by atoms with Crippen LogP contribution in [0.3, 0.4) is 0 Å². The minimum Gasteiger partial charge on any atom is -0.543 e. The lowest BCUT2D eigenvalue weighted by atomic mass is 10.0. The number of hydrogen-bond donors (Lipinski definition) is 2. The van der Waals surface area contributed by atoms with E-state index in [1.54, 1.807) is 20.8 Å². The van der Waals surface area contributed by atoms with E-state index in [9.17, 15) is 14.7 Å². The molecule has 0 atom stereocenters. The molecule has 0 heterocycles. The molecule has 0 aliphatic rings. The number of ether oxygens (including phenoxy) is 1. The second-order valence-electron chi connectivity index (χ2n) is 10.1. The number of aliphatic carboxylic acids is 1. The molecule has 0 saturated heterocycles. The number of carboxylic acids is 1. The zero-order valence-corrected chi connectivity index (χ0v) is 20.6. The molecule has 0 aliphatic carbocycles. The van der Waals surface area contributed by atoms with E-state index in [2.05, 4.69) is 39.2 Å². The van der Waals surface area contributed by atoms with E-state index in [0.717, 1.165) is 16.5 Å². The van der Waals surface area contributed by atoms with Crippen molar-refractivity contribution in [3.8, 4) is 5.75 Å². The summed E-state index contributed by atoms with van der Waals surface area (Å²) >= 11 is 0. The Kier molecular flexibility index (Phi) is 6.90. The Hall–Kier alpha value is -2.80. The monoisotopic (exact) mass is 443 g/mol. The molecule has 2 rings (SSSR count). The number of amides is 1. The van der Waals surface area contributed by atoms with Crippen LogP contribution in [0.1, 0.15) is 47.1 Å². The molecule has 0 spiro atoms. The molecule has 0 aliphatic heterocycles. The highest BCUT2D eigenvalue weighted by molar-refractivity contribution is 6.74. The fourth-order valence-electron chi connectivity index (χ4n) is 2.66. The summed E-state index contributed by atoms with van der Waals surface area (Å²) in [6.07, 6.45) is 0.619. The maximum Gasteiger partial charge on any atom is 0.412 e. The van der Waals surface area contributed by atoms with Crippen molar-refractivity contribution in [2.45, 2.75) is 65.3 Å². The molecule has 2 N–H and O–H groups in total. The van der Waals surface area contributed by atoms with Crippen molar-refractivity contribution in [2.75, 3.05) is 0 Å². The van der Waals surface area contributed by atoms with Crippen molar-refractivity contribution in [1.29, 1.82) is 0 Å². The van der Waals surface area contributed by atoms with E-state index in [-0.39, 0.29) is 10.7 Å². The first kappa shape index (κ1) is 24.5.